The number of aliphatic carboxylic acids is 1. The Morgan fingerprint density at radius 2 is 2.04 bits per heavy atom. The van der Waals surface area contributed by atoms with E-state index in [0.29, 0.717) is 5.56 Å². The van der Waals surface area contributed by atoms with E-state index in [1.54, 1.807) is 22.0 Å². The van der Waals surface area contributed by atoms with E-state index >= 15 is 0 Å². The van der Waals surface area contributed by atoms with Crippen LogP contribution in [-0.4, -0.2) is 31.9 Å². The highest BCUT2D eigenvalue weighted by molar-refractivity contribution is 7.15. The summed E-state index contributed by atoms with van der Waals surface area (Å²) in [6.07, 6.45) is 0.274. The number of hydrogen-bond acceptors (Lipinski definition) is 5. The first-order valence-electron chi connectivity index (χ1n) is 6.33. The fourth-order valence-corrected chi connectivity index (χ4v) is 2.48. The predicted molar refractivity (Wildman–Crippen MR) is 79.4 cm³/mol. The Hall–Kier alpha value is -2.93. The van der Waals surface area contributed by atoms with Crippen LogP contribution in [0, 0.1) is 18.3 Å². The number of thiazole rings is 1. The maximum Gasteiger partial charge on any atom is 0.490 e. The molecule has 10 heteroatoms. The topological polar surface area (TPSA) is 91.3 Å². The number of fused-ring (bicyclic) bond motifs is 1. The summed E-state index contributed by atoms with van der Waals surface area (Å²) < 4.78 is 33.5. The summed E-state index contributed by atoms with van der Waals surface area (Å²) in [5.74, 6) is -2.76. The average Bonchev–Trinajstić information content (AvgIpc) is 3.12. The van der Waals surface area contributed by atoms with Gasteiger partial charge in [0.05, 0.1) is 27.2 Å². The van der Waals surface area contributed by atoms with Crippen molar-refractivity contribution < 1.29 is 23.1 Å². The molecular weight excluding hydrogens is 345 g/mol. The van der Waals surface area contributed by atoms with Crippen molar-refractivity contribution >= 4 is 22.8 Å². The zero-order valence-corrected chi connectivity index (χ0v) is 12.9. The fourth-order valence-electron chi connectivity index (χ4n) is 1.71. The smallest absolute Gasteiger partial charge is 0.475 e. The summed E-state index contributed by atoms with van der Waals surface area (Å²) in [6.45, 7) is 1.98. The molecule has 0 aliphatic carbocycles. The van der Waals surface area contributed by atoms with Gasteiger partial charge in [-0.3, -0.25) is 0 Å². The largest absolute Gasteiger partial charge is 0.490 e. The van der Waals surface area contributed by atoms with Gasteiger partial charge >= 0.3 is 12.1 Å². The van der Waals surface area contributed by atoms with Crippen LogP contribution in [0.5, 0.6) is 0 Å². The van der Waals surface area contributed by atoms with Gasteiger partial charge in [-0.25, -0.2) is 14.3 Å². The van der Waals surface area contributed by atoms with Crippen molar-refractivity contribution in [1.82, 2.24) is 14.6 Å². The Morgan fingerprint density at radius 1 is 1.38 bits per heavy atom. The van der Waals surface area contributed by atoms with Crippen molar-refractivity contribution in [2.24, 2.45) is 0 Å². The summed E-state index contributed by atoms with van der Waals surface area (Å²) in [6, 6.07) is 6.02. The van der Waals surface area contributed by atoms with E-state index in [-0.39, 0.29) is 0 Å². The second kappa shape index (κ2) is 6.67. The third-order valence-corrected chi connectivity index (χ3v) is 3.75. The maximum absolute atomic E-state index is 10.6. The number of rotatable bonds is 1. The molecule has 0 amide bonds. The van der Waals surface area contributed by atoms with Gasteiger partial charge in [0.2, 0.25) is 0 Å². The van der Waals surface area contributed by atoms with Gasteiger partial charge in [-0.05, 0) is 19.1 Å². The van der Waals surface area contributed by atoms with Gasteiger partial charge in [0.15, 0.2) is 0 Å². The number of aromatic nitrogens is 3. The number of nitrogens with zero attached hydrogens (tertiary/aromatic N) is 4. The molecule has 3 rings (SSSR count). The molecule has 0 saturated carbocycles. The van der Waals surface area contributed by atoms with Gasteiger partial charge in [0.25, 0.3) is 0 Å². The van der Waals surface area contributed by atoms with E-state index in [1.807, 2.05) is 31.5 Å². The number of carboxylic acids is 1. The van der Waals surface area contributed by atoms with E-state index in [4.69, 9.17) is 15.2 Å². The van der Waals surface area contributed by atoms with Gasteiger partial charge < -0.3 is 5.11 Å². The Labute approximate surface area is 137 Å². The predicted octanol–water partition coefficient (Wildman–Crippen LogP) is 3.27. The van der Waals surface area contributed by atoms with E-state index in [1.165, 1.54) is 0 Å². The summed E-state index contributed by atoms with van der Waals surface area (Å²) in [5, 5.41) is 21.2. The molecule has 3 aromatic heterocycles. The molecule has 0 saturated heterocycles. The third kappa shape index (κ3) is 3.88. The molecule has 3 heterocycles. The van der Waals surface area contributed by atoms with Crippen molar-refractivity contribution in [1.29, 1.82) is 5.26 Å². The lowest BCUT2D eigenvalue weighted by Crippen LogP contribution is -2.21. The van der Waals surface area contributed by atoms with Crippen LogP contribution in [0.2, 0.25) is 0 Å². The molecule has 0 fully saturated rings. The average molecular weight is 354 g/mol. The molecule has 0 spiro atoms. The molecule has 3 aromatic rings. The van der Waals surface area contributed by atoms with Gasteiger partial charge in [0.1, 0.15) is 6.07 Å². The van der Waals surface area contributed by atoms with Crippen molar-refractivity contribution in [3.63, 3.8) is 0 Å². The SMILES string of the molecule is Cc1ncc(-c2ccc3c(C#N)cnn3c2)s1.O=C(O)C(F)(F)F. The van der Waals surface area contributed by atoms with E-state index in [9.17, 15) is 13.2 Å². The van der Waals surface area contributed by atoms with E-state index in [2.05, 4.69) is 16.2 Å². The Balaban J connectivity index is 0.000000256. The minimum Gasteiger partial charge on any atom is -0.475 e. The molecule has 0 atom stereocenters. The number of aryl methyl sites for hydroxylation is 1. The van der Waals surface area contributed by atoms with Gasteiger partial charge in [-0.2, -0.15) is 23.5 Å². The van der Waals surface area contributed by atoms with Crippen molar-refractivity contribution in [2.45, 2.75) is 13.1 Å². The first-order valence-corrected chi connectivity index (χ1v) is 7.14. The summed E-state index contributed by atoms with van der Waals surface area (Å²) >= 11 is 1.64. The molecule has 0 aliphatic rings. The Bertz CT molecular complexity index is 924. The Morgan fingerprint density at radius 3 is 2.54 bits per heavy atom. The molecule has 0 bridgehead atoms. The minimum atomic E-state index is -5.08. The number of halogens is 3. The first kappa shape index (κ1) is 17.4. The summed E-state index contributed by atoms with van der Waals surface area (Å²) in [4.78, 5) is 14.2. The molecular formula is C14H9F3N4O2S. The second-order valence-electron chi connectivity index (χ2n) is 4.46. The fraction of sp³-hybridized carbons (Fsp3) is 0.143. The number of pyridine rings is 1. The molecule has 6 nitrogen and oxygen atoms in total. The molecule has 0 radical (unpaired) electrons. The normalized spacial score (nSPS) is 10.8. The van der Waals surface area contributed by atoms with Crippen LogP contribution >= 0.6 is 11.3 Å². The van der Waals surface area contributed by atoms with Gasteiger partial charge in [0, 0.05) is 18.0 Å². The Kier molecular flexibility index (Phi) is 4.85. The van der Waals surface area contributed by atoms with E-state index < -0.39 is 12.1 Å². The highest BCUT2D eigenvalue weighted by Crippen LogP contribution is 2.26. The van der Waals surface area contributed by atoms with Crippen LogP contribution in [-0.2, 0) is 4.79 Å². The number of carboxylic acid groups (broad SMARTS) is 1. The first-order chi connectivity index (χ1) is 11.2. The minimum absolute atomic E-state index is 0.594. The number of nitriles is 1. The highest BCUT2D eigenvalue weighted by atomic mass is 32.1. The number of alkyl halides is 3. The lowest BCUT2D eigenvalue weighted by molar-refractivity contribution is -0.192. The van der Waals surface area contributed by atoms with Crippen LogP contribution in [0.3, 0.4) is 0 Å². The maximum atomic E-state index is 10.6. The monoisotopic (exact) mass is 354 g/mol. The lowest BCUT2D eigenvalue weighted by atomic mass is 10.2. The van der Waals surface area contributed by atoms with Crippen LogP contribution in [0.25, 0.3) is 16.0 Å². The van der Waals surface area contributed by atoms with Crippen LogP contribution in [0.15, 0.2) is 30.7 Å². The van der Waals surface area contributed by atoms with E-state index in [0.717, 1.165) is 21.0 Å². The van der Waals surface area contributed by atoms with Crippen molar-refractivity contribution in [3.8, 4) is 16.5 Å². The third-order valence-electron chi connectivity index (χ3n) is 2.78. The quantitative estimate of drug-likeness (QED) is 0.724. The zero-order chi connectivity index (χ0) is 17.9. The molecule has 24 heavy (non-hydrogen) atoms. The molecule has 0 aliphatic heterocycles. The number of hydrogen-bond donors (Lipinski definition) is 1. The number of carbonyl (C=O) groups is 1. The molecule has 124 valence electrons. The van der Waals surface area contributed by atoms with Crippen molar-refractivity contribution in [3.05, 3.63) is 41.3 Å². The van der Waals surface area contributed by atoms with Crippen LogP contribution in [0.1, 0.15) is 10.6 Å². The van der Waals surface area contributed by atoms with Gasteiger partial charge in [-0.15, -0.1) is 11.3 Å². The standard InChI is InChI=1S/C12H8N4S.C2HF3O2/c1-8-14-6-12(17-8)9-2-3-11-10(4-13)5-15-16(11)7-9;3-2(4,5)1(6)7/h2-3,5-7H,1H3;(H,6,7). The van der Waals surface area contributed by atoms with Crippen molar-refractivity contribution in [2.75, 3.05) is 0 Å². The summed E-state index contributed by atoms with van der Waals surface area (Å²) in [5.41, 5.74) is 2.49. The van der Waals surface area contributed by atoms with Crippen LogP contribution < -0.4 is 0 Å². The lowest BCUT2D eigenvalue weighted by Gasteiger charge is -1.98. The van der Waals surface area contributed by atoms with Crippen LogP contribution in [0.4, 0.5) is 13.2 Å². The molecule has 0 aromatic carbocycles. The highest BCUT2D eigenvalue weighted by Gasteiger charge is 2.38. The molecule has 1 N–H and O–H groups in total. The second-order valence-corrected chi connectivity index (χ2v) is 5.70. The summed E-state index contributed by atoms with van der Waals surface area (Å²) in [7, 11) is 0. The molecule has 0 unspecified atom stereocenters. The van der Waals surface area contributed by atoms with Gasteiger partial charge in [-0.1, -0.05) is 0 Å². The zero-order valence-electron chi connectivity index (χ0n) is 12.1.